The van der Waals surface area contributed by atoms with Gasteiger partial charge in [0.15, 0.2) is 5.96 Å². The van der Waals surface area contributed by atoms with Gasteiger partial charge in [0.05, 0.1) is 13.2 Å². The second-order valence-electron chi connectivity index (χ2n) is 6.81. The van der Waals surface area contributed by atoms with Crippen LogP contribution in [0.5, 0.6) is 0 Å². The van der Waals surface area contributed by atoms with E-state index in [1.54, 1.807) is 26.0 Å². The van der Waals surface area contributed by atoms with Crippen molar-refractivity contribution < 1.29 is 9.53 Å². The number of carbonyl (C=O) groups excluding carboxylic acids is 1. The Morgan fingerprint density at radius 1 is 1.33 bits per heavy atom. The summed E-state index contributed by atoms with van der Waals surface area (Å²) in [6, 6.07) is 7.77. The molecule has 1 saturated heterocycles. The number of hydrogen-bond donors (Lipinski definition) is 2. The van der Waals surface area contributed by atoms with Crippen molar-refractivity contribution in [1.29, 1.82) is 0 Å². The molecule has 0 atom stereocenters. The summed E-state index contributed by atoms with van der Waals surface area (Å²) < 4.78 is 5.26. The van der Waals surface area contributed by atoms with E-state index in [0.717, 1.165) is 49.8 Å². The molecule has 0 spiro atoms. The van der Waals surface area contributed by atoms with E-state index < -0.39 is 0 Å². The molecule has 2 N–H and O–H groups in total. The summed E-state index contributed by atoms with van der Waals surface area (Å²) in [4.78, 5) is 17.8. The third kappa shape index (κ3) is 4.96. The number of hydrogen-bond acceptors (Lipinski definition) is 3. The summed E-state index contributed by atoms with van der Waals surface area (Å²) in [6.07, 6.45) is 0.829. The summed E-state index contributed by atoms with van der Waals surface area (Å²) in [6.45, 7) is 5.39. The largest absolute Gasteiger partial charge is 0.380 e. The average Bonchev–Trinajstić information content (AvgIpc) is 2.55. The Kier molecular flexibility index (Phi) is 6.20. The highest BCUT2D eigenvalue weighted by Crippen LogP contribution is 2.24. The first-order valence-electron chi connectivity index (χ1n) is 8.26. The van der Waals surface area contributed by atoms with Crippen molar-refractivity contribution in [3.05, 3.63) is 35.4 Å². The predicted molar refractivity (Wildman–Crippen MR) is 96.5 cm³/mol. The lowest BCUT2D eigenvalue weighted by Crippen LogP contribution is -2.51. The molecule has 24 heavy (non-hydrogen) atoms. The molecule has 6 heteroatoms. The molecular formula is C18H28N4O2. The molecule has 2 rings (SSSR count). The highest BCUT2D eigenvalue weighted by atomic mass is 16.5. The molecule has 0 radical (unpaired) electrons. The number of amides is 1. The van der Waals surface area contributed by atoms with Gasteiger partial charge in [-0.25, -0.2) is 0 Å². The normalized spacial score (nSPS) is 16.2. The molecule has 132 valence electrons. The number of aliphatic imine (C=N–C) groups is 1. The van der Waals surface area contributed by atoms with Crippen LogP contribution >= 0.6 is 0 Å². The molecule has 6 nitrogen and oxygen atoms in total. The van der Waals surface area contributed by atoms with Gasteiger partial charge in [0, 0.05) is 45.2 Å². The van der Waals surface area contributed by atoms with E-state index in [-0.39, 0.29) is 11.3 Å². The van der Waals surface area contributed by atoms with Crippen LogP contribution in [0.1, 0.15) is 22.8 Å². The Bertz CT molecular complexity index is 594. The molecule has 1 aliphatic rings. The third-order valence-electron chi connectivity index (χ3n) is 4.09. The summed E-state index contributed by atoms with van der Waals surface area (Å²) in [5.74, 6) is 0.821. The first kappa shape index (κ1) is 18.3. The Balaban J connectivity index is 1.80. The zero-order valence-corrected chi connectivity index (χ0v) is 15.1. The SMILES string of the molecule is CN=C(NCCc1cccc(C(=O)N(C)C)c1)NCC1(C)COC1. The van der Waals surface area contributed by atoms with Gasteiger partial charge in [-0.15, -0.1) is 0 Å². The van der Waals surface area contributed by atoms with Gasteiger partial charge in [0.2, 0.25) is 0 Å². The van der Waals surface area contributed by atoms with Crippen LogP contribution in [0, 0.1) is 5.41 Å². The molecule has 1 amide bonds. The van der Waals surface area contributed by atoms with Gasteiger partial charge < -0.3 is 20.3 Å². The molecule has 1 aliphatic heterocycles. The van der Waals surface area contributed by atoms with Crippen molar-refractivity contribution in [3.63, 3.8) is 0 Å². The Morgan fingerprint density at radius 2 is 2.08 bits per heavy atom. The quantitative estimate of drug-likeness (QED) is 0.605. The maximum absolute atomic E-state index is 12.0. The fourth-order valence-corrected chi connectivity index (χ4v) is 2.51. The summed E-state index contributed by atoms with van der Waals surface area (Å²) >= 11 is 0. The predicted octanol–water partition coefficient (Wildman–Crippen LogP) is 1.13. The fourth-order valence-electron chi connectivity index (χ4n) is 2.51. The molecule has 0 aliphatic carbocycles. The van der Waals surface area contributed by atoms with Crippen LogP contribution in [0.2, 0.25) is 0 Å². The second-order valence-corrected chi connectivity index (χ2v) is 6.81. The number of rotatable bonds is 6. The lowest BCUT2D eigenvalue weighted by molar-refractivity contribution is -0.0971. The zero-order chi connectivity index (χ0) is 17.6. The lowest BCUT2D eigenvalue weighted by Gasteiger charge is -2.38. The summed E-state index contributed by atoms with van der Waals surface area (Å²) in [7, 11) is 5.30. The van der Waals surface area contributed by atoms with Crippen LogP contribution in [0.3, 0.4) is 0 Å². The fraction of sp³-hybridized carbons (Fsp3) is 0.556. The molecule has 1 heterocycles. The van der Waals surface area contributed by atoms with Gasteiger partial charge in [-0.2, -0.15) is 0 Å². The summed E-state index contributed by atoms with van der Waals surface area (Å²) in [5.41, 5.74) is 2.06. The monoisotopic (exact) mass is 332 g/mol. The topological polar surface area (TPSA) is 66.0 Å². The average molecular weight is 332 g/mol. The molecule has 1 aromatic carbocycles. The van der Waals surface area contributed by atoms with Crippen molar-refractivity contribution in [2.24, 2.45) is 10.4 Å². The van der Waals surface area contributed by atoms with Gasteiger partial charge in [0.25, 0.3) is 5.91 Å². The van der Waals surface area contributed by atoms with Gasteiger partial charge in [-0.3, -0.25) is 9.79 Å². The molecular weight excluding hydrogens is 304 g/mol. The van der Waals surface area contributed by atoms with Gasteiger partial charge >= 0.3 is 0 Å². The molecule has 0 saturated carbocycles. The number of ether oxygens (including phenoxy) is 1. The minimum absolute atomic E-state index is 0.0262. The van der Waals surface area contributed by atoms with Gasteiger partial charge in [0.1, 0.15) is 0 Å². The number of guanidine groups is 1. The van der Waals surface area contributed by atoms with Crippen LogP contribution in [-0.2, 0) is 11.2 Å². The maximum atomic E-state index is 12.0. The molecule has 0 aromatic heterocycles. The molecule has 1 aromatic rings. The van der Waals surface area contributed by atoms with Crippen molar-refractivity contribution in [2.75, 3.05) is 47.4 Å². The highest BCUT2D eigenvalue weighted by Gasteiger charge is 2.33. The van der Waals surface area contributed by atoms with Crippen molar-refractivity contribution in [3.8, 4) is 0 Å². The van der Waals surface area contributed by atoms with E-state index in [1.165, 1.54) is 0 Å². The van der Waals surface area contributed by atoms with Gasteiger partial charge in [-0.1, -0.05) is 19.1 Å². The van der Waals surface area contributed by atoms with Crippen LogP contribution in [0.4, 0.5) is 0 Å². The van der Waals surface area contributed by atoms with Crippen LogP contribution in [0.25, 0.3) is 0 Å². The van der Waals surface area contributed by atoms with E-state index in [1.807, 2.05) is 24.3 Å². The standard InChI is InChI=1S/C18H28N4O2/c1-18(12-24-13-18)11-21-17(19-2)20-9-8-14-6-5-7-15(10-14)16(23)22(3)4/h5-7,10H,8-9,11-13H2,1-4H3,(H2,19,20,21). The smallest absolute Gasteiger partial charge is 0.253 e. The van der Waals surface area contributed by atoms with Crippen molar-refractivity contribution in [2.45, 2.75) is 13.3 Å². The maximum Gasteiger partial charge on any atom is 0.253 e. The van der Waals surface area contributed by atoms with Crippen molar-refractivity contribution >= 4 is 11.9 Å². The first-order valence-corrected chi connectivity index (χ1v) is 8.26. The number of carbonyl (C=O) groups is 1. The lowest BCUT2D eigenvalue weighted by atomic mass is 9.89. The molecule has 1 fully saturated rings. The Hall–Kier alpha value is -2.08. The zero-order valence-electron chi connectivity index (χ0n) is 15.1. The van der Waals surface area contributed by atoms with E-state index in [2.05, 4.69) is 22.5 Å². The Labute approximate surface area is 144 Å². The van der Waals surface area contributed by atoms with E-state index >= 15 is 0 Å². The van der Waals surface area contributed by atoms with E-state index in [0.29, 0.717) is 0 Å². The molecule has 0 unspecified atom stereocenters. The van der Waals surface area contributed by atoms with Crippen LogP contribution < -0.4 is 10.6 Å². The van der Waals surface area contributed by atoms with Gasteiger partial charge in [-0.05, 0) is 24.1 Å². The second kappa shape index (κ2) is 8.15. The first-order chi connectivity index (χ1) is 11.4. The van der Waals surface area contributed by atoms with Crippen LogP contribution in [-0.4, -0.2) is 64.2 Å². The number of nitrogens with one attached hydrogen (secondary N) is 2. The van der Waals surface area contributed by atoms with Crippen LogP contribution in [0.15, 0.2) is 29.3 Å². The number of benzene rings is 1. The minimum atomic E-state index is 0.0262. The Morgan fingerprint density at radius 3 is 2.67 bits per heavy atom. The third-order valence-corrected chi connectivity index (χ3v) is 4.09. The minimum Gasteiger partial charge on any atom is -0.380 e. The summed E-state index contributed by atoms with van der Waals surface area (Å²) in [5, 5.41) is 6.65. The van der Waals surface area contributed by atoms with E-state index in [9.17, 15) is 4.79 Å². The number of nitrogens with zero attached hydrogens (tertiary/aromatic N) is 2. The molecule has 0 bridgehead atoms. The van der Waals surface area contributed by atoms with E-state index in [4.69, 9.17) is 4.74 Å². The highest BCUT2D eigenvalue weighted by molar-refractivity contribution is 5.94. The van der Waals surface area contributed by atoms with Crippen molar-refractivity contribution in [1.82, 2.24) is 15.5 Å².